The van der Waals surface area contributed by atoms with Crippen LogP contribution in [-0.4, -0.2) is 21.8 Å². The lowest BCUT2D eigenvalue weighted by atomic mass is 9.45. The summed E-state index contributed by atoms with van der Waals surface area (Å²) in [7, 11) is 0. The Morgan fingerprint density at radius 1 is 1.13 bits per heavy atom. The molecule has 0 radical (unpaired) electrons. The molecule has 0 atom stereocenters. The number of carbonyl (C=O) groups excluding carboxylic acids is 1. The first-order chi connectivity index (χ1) is 10.9. The minimum Gasteiger partial charge on any atom is -0.332 e. The normalized spacial score (nSPS) is 35.3. The van der Waals surface area contributed by atoms with Crippen molar-refractivity contribution >= 4 is 22.5 Å². The number of nitrogens with zero attached hydrogens (tertiary/aromatic N) is 2. The van der Waals surface area contributed by atoms with Gasteiger partial charge in [-0.3, -0.25) is 5.32 Å². The Morgan fingerprint density at radius 3 is 2.17 bits per heavy atom. The maximum Gasteiger partial charge on any atom is 0.321 e. The number of amides is 2. The fourth-order valence-corrected chi connectivity index (χ4v) is 6.35. The van der Waals surface area contributed by atoms with E-state index in [1.165, 1.54) is 49.9 Å². The number of hydrogen-bond donors (Lipinski definition) is 2. The van der Waals surface area contributed by atoms with Crippen LogP contribution in [0.15, 0.2) is 0 Å². The first-order valence-electron chi connectivity index (χ1n) is 8.74. The van der Waals surface area contributed by atoms with Crippen LogP contribution < -0.4 is 10.6 Å². The Bertz CT molecular complexity index is 589. The molecular formula is C17H26N4OS. The summed E-state index contributed by atoms with van der Waals surface area (Å²) in [6.45, 7) is 6.32. The van der Waals surface area contributed by atoms with Crippen LogP contribution in [0, 0.1) is 30.1 Å². The molecule has 4 fully saturated rings. The van der Waals surface area contributed by atoms with Gasteiger partial charge >= 0.3 is 6.03 Å². The molecule has 4 aliphatic rings. The van der Waals surface area contributed by atoms with Gasteiger partial charge < -0.3 is 5.32 Å². The molecule has 0 spiro atoms. The maximum absolute atomic E-state index is 12.4. The van der Waals surface area contributed by atoms with Gasteiger partial charge in [0.1, 0.15) is 5.01 Å². The number of rotatable bonds is 3. The molecule has 4 aliphatic carbocycles. The standard InChI is InChI=1S/C17H26N4OS/c1-10-20-21-15(23-10)18-14(22)19-16(2,3)17-7-11-4-12(8-17)6-13(5-11)9-17/h11-13H,4-9H2,1-3H3,(H2,18,19,21,22). The van der Waals surface area contributed by atoms with E-state index < -0.39 is 0 Å². The van der Waals surface area contributed by atoms with Gasteiger partial charge in [-0.2, -0.15) is 0 Å². The Morgan fingerprint density at radius 2 is 1.70 bits per heavy atom. The molecule has 5 nitrogen and oxygen atoms in total. The third kappa shape index (κ3) is 2.65. The zero-order valence-electron chi connectivity index (χ0n) is 14.2. The monoisotopic (exact) mass is 334 g/mol. The van der Waals surface area contributed by atoms with Crippen molar-refractivity contribution in [1.82, 2.24) is 15.5 Å². The van der Waals surface area contributed by atoms with E-state index in [0.29, 0.717) is 5.13 Å². The number of nitrogens with one attached hydrogen (secondary N) is 2. The Balaban J connectivity index is 1.48. The third-order valence-corrected chi connectivity index (χ3v) is 7.29. The summed E-state index contributed by atoms with van der Waals surface area (Å²) in [4.78, 5) is 12.4. The van der Waals surface area contributed by atoms with Crippen LogP contribution in [-0.2, 0) is 0 Å². The Hall–Kier alpha value is -1.17. The molecule has 23 heavy (non-hydrogen) atoms. The average molecular weight is 334 g/mol. The van der Waals surface area contributed by atoms with E-state index in [9.17, 15) is 4.79 Å². The molecule has 6 heteroatoms. The fourth-order valence-electron chi connectivity index (χ4n) is 5.77. The highest BCUT2D eigenvalue weighted by atomic mass is 32.1. The summed E-state index contributed by atoms with van der Waals surface area (Å²) in [5.41, 5.74) is 0.0863. The Labute approximate surface area is 141 Å². The second-order valence-electron chi connectivity index (χ2n) is 8.53. The van der Waals surface area contributed by atoms with Gasteiger partial charge in [-0.25, -0.2) is 4.79 Å². The molecule has 1 heterocycles. The topological polar surface area (TPSA) is 66.9 Å². The predicted octanol–water partition coefficient (Wildman–Crippen LogP) is 3.96. The van der Waals surface area contributed by atoms with Crippen LogP contribution in [0.25, 0.3) is 0 Å². The van der Waals surface area contributed by atoms with E-state index in [4.69, 9.17) is 0 Å². The summed E-state index contributed by atoms with van der Waals surface area (Å²) in [5, 5.41) is 15.5. The van der Waals surface area contributed by atoms with Crippen LogP contribution in [0.1, 0.15) is 57.4 Å². The zero-order valence-corrected chi connectivity index (χ0v) is 15.0. The molecule has 0 aromatic carbocycles. The maximum atomic E-state index is 12.4. The summed E-state index contributed by atoms with van der Waals surface area (Å²) >= 11 is 1.41. The Kier molecular flexibility index (Phi) is 3.45. The van der Waals surface area contributed by atoms with E-state index in [-0.39, 0.29) is 17.0 Å². The van der Waals surface area contributed by atoms with E-state index in [0.717, 1.165) is 22.8 Å². The van der Waals surface area contributed by atoms with Crippen molar-refractivity contribution in [3.05, 3.63) is 5.01 Å². The molecule has 1 aromatic heterocycles. The van der Waals surface area contributed by atoms with E-state index in [1.807, 2.05) is 6.92 Å². The lowest BCUT2D eigenvalue weighted by molar-refractivity contribution is -0.0947. The lowest BCUT2D eigenvalue weighted by Gasteiger charge is -2.62. The lowest BCUT2D eigenvalue weighted by Crippen LogP contribution is -2.63. The molecule has 1 aromatic rings. The number of carbonyl (C=O) groups is 1. The van der Waals surface area contributed by atoms with Crippen molar-refractivity contribution < 1.29 is 4.79 Å². The molecule has 2 amide bonds. The molecule has 126 valence electrons. The van der Waals surface area contributed by atoms with Gasteiger partial charge in [0, 0.05) is 5.54 Å². The molecule has 0 unspecified atom stereocenters. The number of urea groups is 1. The van der Waals surface area contributed by atoms with Crippen molar-refractivity contribution in [1.29, 1.82) is 0 Å². The average Bonchev–Trinajstić information content (AvgIpc) is 2.81. The molecule has 4 bridgehead atoms. The third-order valence-electron chi connectivity index (χ3n) is 6.54. The highest BCUT2D eigenvalue weighted by Crippen LogP contribution is 2.63. The molecule has 4 saturated carbocycles. The van der Waals surface area contributed by atoms with Crippen LogP contribution in [0.4, 0.5) is 9.93 Å². The number of anilines is 1. The quantitative estimate of drug-likeness (QED) is 0.879. The van der Waals surface area contributed by atoms with Crippen molar-refractivity contribution in [2.45, 2.75) is 64.8 Å². The van der Waals surface area contributed by atoms with Crippen LogP contribution in [0.3, 0.4) is 0 Å². The van der Waals surface area contributed by atoms with E-state index in [2.05, 4.69) is 34.7 Å². The SMILES string of the molecule is Cc1nnc(NC(=O)NC(C)(C)C23CC4CC(CC(C4)C2)C3)s1. The molecule has 5 rings (SSSR count). The zero-order chi connectivity index (χ0) is 16.2. The smallest absolute Gasteiger partial charge is 0.321 e. The van der Waals surface area contributed by atoms with Crippen molar-refractivity contribution in [3.8, 4) is 0 Å². The van der Waals surface area contributed by atoms with Gasteiger partial charge in [-0.05, 0) is 82.5 Å². The van der Waals surface area contributed by atoms with Crippen molar-refractivity contribution in [2.24, 2.45) is 23.2 Å². The minimum absolute atomic E-state index is 0.151. The van der Waals surface area contributed by atoms with Gasteiger partial charge in [0.25, 0.3) is 0 Å². The second-order valence-corrected chi connectivity index (χ2v) is 9.71. The minimum atomic E-state index is -0.188. The van der Waals surface area contributed by atoms with Gasteiger partial charge in [-0.1, -0.05) is 11.3 Å². The molecule has 0 saturated heterocycles. The highest BCUT2D eigenvalue weighted by Gasteiger charge is 2.57. The van der Waals surface area contributed by atoms with Gasteiger partial charge in [-0.15, -0.1) is 10.2 Å². The first kappa shape index (κ1) is 15.4. The van der Waals surface area contributed by atoms with Gasteiger partial charge in [0.2, 0.25) is 5.13 Å². The van der Waals surface area contributed by atoms with Crippen molar-refractivity contribution in [3.63, 3.8) is 0 Å². The van der Waals surface area contributed by atoms with Crippen molar-refractivity contribution in [2.75, 3.05) is 5.32 Å². The summed E-state index contributed by atoms with van der Waals surface area (Å²) in [6, 6.07) is -0.151. The number of hydrogen-bond acceptors (Lipinski definition) is 4. The van der Waals surface area contributed by atoms with Gasteiger partial charge in [0.05, 0.1) is 0 Å². The number of aromatic nitrogens is 2. The van der Waals surface area contributed by atoms with Gasteiger partial charge in [0.15, 0.2) is 0 Å². The molecular weight excluding hydrogens is 308 g/mol. The van der Waals surface area contributed by atoms with E-state index in [1.54, 1.807) is 0 Å². The summed E-state index contributed by atoms with van der Waals surface area (Å²) < 4.78 is 0. The van der Waals surface area contributed by atoms with Crippen LogP contribution in [0.5, 0.6) is 0 Å². The largest absolute Gasteiger partial charge is 0.332 e. The predicted molar refractivity (Wildman–Crippen MR) is 91.5 cm³/mol. The fraction of sp³-hybridized carbons (Fsp3) is 0.824. The van der Waals surface area contributed by atoms with E-state index >= 15 is 0 Å². The van der Waals surface area contributed by atoms with Crippen LogP contribution in [0.2, 0.25) is 0 Å². The molecule has 2 N–H and O–H groups in total. The highest BCUT2D eigenvalue weighted by molar-refractivity contribution is 7.15. The number of aryl methyl sites for hydroxylation is 1. The second kappa shape index (κ2) is 5.16. The summed E-state index contributed by atoms with van der Waals surface area (Å²) in [6.07, 6.45) is 8.11. The summed E-state index contributed by atoms with van der Waals surface area (Å²) in [5.74, 6) is 2.66. The van der Waals surface area contributed by atoms with Crippen LogP contribution >= 0.6 is 11.3 Å². The first-order valence-corrected chi connectivity index (χ1v) is 9.56. The molecule has 0 aliphatic heterocycles.